The van der Waals surface area contributed by atoms with E-state index in [2.05, 4.69) is 5.73 Å². The Kier molecular flexibility index (Phi) is 4.19. The summed E-state index contributed by atoms with van der Waals surface area (Å²) in [6.45, 7) is -2.32. The van der Waals surface area contributed by atoms with Gasteiger partial charge in [-0.25, -0.2) is 4.39 Å². The Morgan fingerprint density at radius 3 is 1.88 bits per heavy atom. The number of rotatable bonds is 5. The molecular formula is C8H8F7NO. The minimum absolute atomic E-state index is 0.639. The molecule has 0 spiro atoms. The number of carbonyl (C=O) groups is 1. The molecule has 1 amide bonds. The first-order valence-electron chi connectivity index (χ1n) is 4.07. The van der Waals surface area contributed by atoms with E-state index in [0.29, 0.717) is 6.92 Å². The van der Waals surface area contributed by atoms with E-state index in [-0.39, 0.29) is 0 Å². The van der Waals surface area contributed by atoms with Gasteiger partial charge in [-0.05, 0) is 13.0 Å². The van der Waals surface area contributed by atoms with Crippen LogP contribution in [-0.4, -0.2) is 30.3 Å². The lowest BCUT2D eigenvalue weighted by atomic mass is 10.0. The van der Waals surface area contributed by atoms with Crippen molar-refractivity contribution in [2.45, 2.75) is 24.7 Å². The van der Waals surface area contributed by atoms with Gasteiger partial charge < -0.3 is 5.73 Å². The van der Waals surface area contributed by atoms with Crippen molar-refractivity contribution < 1.29 is 35.5 Å². The number of nitrogens with two attached hydrogens (primary N) is 1. The lowest BCUT2D eigenvalue weighted by Crippen LogP contribution is -2.54. The second-order valence-corrected chi connectivity index (χ2v) is 3.23. The molecule has 0 aromatic carbocycles. The second kappa shape index (κ2) is 4.53. The molecule has 100 valence electrons. The van der Waals surface area contributed by atoms with Gasteiger partial charge in [0.05, 0.1) is 0 Å². The number of hydrogen-bond acceptors (Lipinski definition) is 1. The van der Waals surface area contributed by atoms with Crippen LogP contribution in [0.4, 0.5) is 30.7 Å². The topological polar surface area (TPSA) is 43.1 Å². The molecule has 0 rings (SSSR count). The van der Waals surface area contributed by atoms with E-state index in [4.69, 9.17) is 0 Å². The van der Waals surface area contributed by atoms with Crippen LogP contribution in [0.25, 0.3) is 0 Å². The van der Waals surface area contributed by atoms with Gasteiger partial charge in [-0.3, -0.25) is 4.79 Å². The third-order valence-electron chi connectivity index (χ3n) is 1.83. The number of carbonyl (C=O) groups excluding carboxylic acids is 1. The Morgan fingerprint density at radius 1 is 1.18 bits per heavy atom. The molecular weight excluding hydrogens is 259 g/mol. The Balaban J connectivity index is 5.46. The predicted octanol–water partition coefficient (Wildman–Crippen LogP) is 2.29. The van der Waals surface area contributed by atoms with Crippen molar-refractivity contribution in [2.24, 2.45) is 5.73 Å². The van der Waals surface area contributed by atoms with E-state index in [9.17, 15) is 35.5 Å². The third-order valence-corrected chi connectivity index (χ3v) is 1.83. The number of primary amides is 1. The predicted molar refractivity (Wildman–Crippen MR) is 43.8 cm³/mol. The van der Waals surface area contributed by atoms with Crippen LogP contribution >= 0.6 is 0 Å². The minimum Gasteiger partial charge on any atom is -0.366 e. The van der Waals surface area contributed by atoms with E-state index >= 15 is 0 Å². The summed E-state index contributed by atoms with van der Waals surface area (Å²) >= 11 is 0. The van der Waals surface area contributed by atoms with Crippen LogP contribution < -0.4 is 5.73 Å². The third kappa shape index (κ3) is 2.89. The van der Waals surface area contributed by atoms with E-state index < -0.39 is 42.0 Å². The van der Waals surface area contributed by atoms with Crippen molar-refractivity contribution in [3.63, 3.8) is 0 Å². The van der Waals surface area contributed by atoms with Crippen LogP contribution in [0, 0.1) is 0 Å². The van der Waals surface area contributed by atoms with Gasteiger partial charge in [0, 0.05) is 5.57 Å². The molecule has 0 fully saturated rings. The average molecular weight is 267 g/mol. The first kappa shape index (κ1) is 15.7. The van der Waals surface area contributed by atoms with Crippen LogP contribution in [0.2, 0.25) is 0 Å². The minimum atomic E-state index is -5.97. The van der Waals surface area contributed by atoms with E-state index in [0.717, 1.165) is 0 Å². The first-order chi connectivity index (χ1) is 7.39. The van der Waals surface area contributed by atoms with Gasteiger partial charge in [0.1, 0.15) is 0 Å². The highest BCUT2D eigenvalue weighted by Crippen LogP contribution is 2.46. The van der Waals surface area contributed by atoms with Crippen molar-refractivity contribution in [1.82, 2.24) is 0 Å². The molecule has 0 aliphatic rings. The Labute approximate surface area is 91.3 Å². The maximum absolute atomic E-state index is 12.8. The molecule has 0 aromatic rings. The van der Waals surface area contributed by atoms with Crippen LogP contribution in [0.15, 0.2) is 11.6 Å². The molecule has 0 saturated heterocycles. The highest BCUT2D eigenvalue weighted by atomic mass is 19.3. The van der Waals surface area contributed by atoms with Crippen molar-refractivity contribution in [3.8, 4) is 0 Å². The summed E-state index contributed by atoms with van der Waals surface area (Å²) in [6, 6.07) is 0. The van der Waals surface area contributed by atoms with Gasteiger partial charge in [0.25, 0.3) is 0 Å². The monoisotopic (exact) mass is 267 g/mol. The maximum atomic E-state index is 12.8. The standard InChI is InChI=1S/C8H8F7NO/c1-4(5(16)17)2-6(10,11)8(14,15)7(12,13)3-9/h2H,3H2,1H3,(H2,16,17). The van der Waals surface area contributed by atoms with Crippen LogP contribution in [0.5, 0.6) is 0 Å². The molecule has 17 heavy (non-hydrogen) atoms. The molecule has 0 unspecified atom stereocenters. The van der Waals surface area contributed by atoms with Gasteiger partial charge >= 0.3 is 17.8 Å². The molecule has 0 radical (unpaired) electrons. The van der Waals surface area contributed by atoms with E-state index in [1.807, 2.05) is 0 Å². The molecule has 2 N–H and O–H groups in total. The SMILES string of the molecule is CC(=CC(F)(F)C(F)(F)C(F)(F)CF)C(N)=O. The number of hydrogen-bond donors (Lipinski definition) is 1. The second-order valence-electron chi connectivity index (χ2n) is 3.23. The van der Waals surface area contributed by atoms with Crippen molar-refractivity contribution in [2.75, 3.05) is 6.67 Å². The average Bonchev–Trinajstić information content (AvgIpc) is 2.16. The number of halogens is 7. The Bertz CT molecular complexity index is 337. The lowest BCUT2D eigenvalue weighted by Gasteiger charge is -2.29. The summed E-state index contributed by atoms with van der Waals surface area (Å²) in [5.74, 6) is -18.4. The molecule has 0 bridgehead atoms. The van der Waals surface area contributed by atoms with Gasteiger partial charge in [-0.15, -0.1) is 0 Å². The maximum Gasteiger partial charge on any atom is 0.378 e. The van der Waals surface area contributed by atoms with Crippen molar-refractivity contribution >= 4 is 5.91 Å². The van der Waals surface area contributed by atoms with Gasteiger partial charge in [-0.2, -0.15) is 26.3 Å². The molecule has 0 atom stereocenters. The lowest BCUT2D eigenvalue weighted by molar-refractivity contribution is -0.295. The van der Waals surface area contributed by atoms with Crippen LogP contribution in [0.3, 0.4) is 0 Å². The zero-order valence-corrected chi connectivity index (χ0v) is 8.42. The molecule has 0 heterocycles. The Hall–Kier alpha value is -1.28. The number of allylic oxidation sites excluding steroid dienone is 1. The molecule has 0 aliphatic carbocycles. The fourth-order valence-electron chi connectivity index (χ4n) is 0.761. The van der Waals surface area contributed by atoms with Crippen molar-refractivity contribution in [1.29, 1.82) is 0 Å². The molecule has 2 nitrogen and oxygen atoms in total. The number of amides is 1. The zero-order valence-electron chi connectivity index (χ0n) is 8.42. The summed E-state index contributed by atoms with van der Waals surface area (Å²) in [6.07, 6.45) is -0.709. The smallest absolute Gasteiger partial charge is 0.366 e. The molecule has 9 heteroatoms. The summed E-state index contributed by atoms with van der Waals surface area (Å²) in [5, 5.41) is 0. The highest BCUT2D eigenvalue weighted by molar-refractivity contribution is 5.91. The molecule has 0 saturated carbocycles. The van der Waals surface area contributed by atoms with Crippen molar-refractivity contribution in [3.05, 3.63) is 11.6 Å². The van der Waals surface area contributed by atoms with Crippen LogP contribution in [0.1, 0.15) is 6.92 Å². The molecule has 0 aromatic heterocycles. The summed E-state index contributed by atoms with van der Waals surface area (Å²) < 4.78 is 87.2. The summed E-state index contributed by atoms with van der Waals surface area (Å²) in [7, 11) is 0. The summed E-state index contributed by atoms with van der Waals surface area (Å²) in [4.78, 5) is 10.3. The highest BCUT2D eigenvalue weighted by Gasteiger charge is 2.70. The normalized spacial score (nSPS) is 14.9. The van der Waals surface area contributed by atoms with Gasteiger partial charge in [-0.1, -0.05) is 0 Å². The van der Waals surface area contributed by atoms with E-state index in [1.54, 1.807) is 0 Å². The fourth-order valence-corrected chi connectivity index (χ4v) is 0.761. The quantitative estimate of drug-likeness (QED) is 0.602. The zero-order chi connectivity index (χ0) is 14.1. The van der Waals surface area contributed by atoms with Gasteiger partial charge in [0.15, 0.2) is 6.67 Å². The van der Waals surface area contributed by atoms with Gasteiger partial charge in [0.2, 0.25) is 5.91 Å². The summed E-state index contributed by atoms with van der Waals surface area (Å²) in [5.41, 5.74) is 3.44. The van der Waals surface area contributed by atoms with E-state index in [1.165, 1.54) is 0 Å². The fraction of sp³-hybridized carbons (Fsp3) is 0.625. The number of alkyl halides is 7. The van der Waals surface area contributed by atoms with Crippen LogP contribution in [-0.2, 0) is 4.79 Å². The Morgan fingerprint density at radius 2 is 1.59 bits per heavy atom. The largest absolute Gasteiger partial charge is 0.378 e. The molecule has 0 aliphatic heterocycles. The first-order valence-corrected chi connectivity index (χ1v) is 4.07.